The van der Waals surface area contributed by atoms with E-state index in [2.05, 4.69) is 19.2 Å². The Bertz CT molecular complexity index is 128. The van der Waals surface area contributed by atoms with Gasteiger partial charge in [0.15, 0.2) is 0 Å². The Kier molecular flexibility index (Phi) is 12.9. The molecule has 0 radical (unpaired) electrons. The first kappa shape index (κ1) is 15.9. The summed E-state index contributed by atoms with van der Waals surface area (Å²) in [4.78, 5) is 0. The predicted octanol–water partition coefficient (Wildman–Crippen LogP) is 3.75. The Balaban J connectivity index is 3.43. The monoisotopic (exact) mass is 229 g/mol. The summed E-state index contributed by atoms with van der Waals surface area (Å²) in [6.45, 7) is 6.46. The van der Waals surface area contributed by atoms with E-state index >= 15 is 0 Å². The molecular formula is C14H31NO. The average molecular weight is 229 g/mol. The summed E-state index contributed by atoms with van der Waals surface area (Å²) in [5, 5.41) is 3.58. The van der Waals surface area contributed by atoms with Crippen molar-refractivity contribution < 1.29 is 4.74 Å². The molecule has 1 atom stereocenters. The van der Waals surface area contributed by atoms with Crippen molar-refractivity contribution in [2.24, 2.45) is 0 Å². The van der Waals surface area contributed by atoms with Crippen molar-refractivity contribution in [1.82, 2.24) is 5.32 Å². The van der Waals surface area contributed by atoms with Crippen LogP contribution in [0.3, 0.4) is 0 Å². The van der Waals surface area contributed by atoms with Crippen molar-refractivity contribution in [2.45, 2.75) is 71.3 Å². The molecule has 0 saturated carbocycles. The molecule has 0 aromatic heterocycles. The quantitative estimate of drug-likeness (QED) is 0.515. The second-order valence-corrected chi connectivity index (χ2v) is 4.59. The number of ether oxygens (including phenoxy) is 1. The van der Waals surface area contributed by atoms with Crippen molar-refractivity contribution in [3.63, 3.8) is 0 Å². The molecule has 0 aliphatic rings. The Morgan fingerprint density at radius 1 is 0.938 bits per heavy atom. The molecular weight excluding hydrogens is 198 g/mol. The minimum atomic E-state index is 0.710. The zero-order valence-corrected chi connectivity index (χ0v) is 11.6. The molecule has 0 amide bonds. The molecule has 0 fully saturated rings. The van der Waals surface area contributed by atoms with Crippen molar-refractivity contribution in [1.29, 1.82) is 0 Å². The minimum absolute atomic E-state index is 0.710. The van der Waals surface area contributed by atoms with E-state index in [1.54, 1.807) is 7.11 Å². The molecule has 0 rings (SSSR count). The zero-order valence-electron chi connectivity index (χ0n) is 11.6. The third kappa shape index (κ3) is 10.4. The van der Waals surface area contributed by atoms with Gasteiger partial charge in [-0.2, -0.15) is 0 Å². The van der Waals surface area contributed by atoms with Gasteiger partial charge in [0.2, 0.25) is 0 Å². The van der Waals surface area contributed by atoms with Crippen molar-refractivity contribution >= 4 is 0 Å². The molecule has 1 unspecified atom stereocenters. The van der Waals surface area contributed by atoms with Gasteiger partial charge in [0.1, 0.15) is 0 Å². The van der Waals surface area contributed by atoms with Crippen molar-refractivity contribution in [3.8, 4) is 0 Å². The maximum absolute atomic E-state index is 5.10. The highest BCUT2D eigenvalue weighted by Crippen LogP contribution is 2.10. The molecule has 2 nitrogen and oxygen atoms in total. The first-order valence-corrected chi connectivity index (χ1v) is 7.07. The molecule has 0 saturated heterocycles. The first-order valence-electron chi connectivity index (χ1n) is 7.07. The average Bonchev–Trinajstić information content (AvgIpc) is 2.29. The van der Waals surface area contributed by atoms with Crippen LogP contribution in [0.1, 0.15) is 65.2 Å². The number of unbranched alkanes of at least 4 members (excludes halogenated alkanes) is 4. The number of methoxy groups -OCH3 is 1. The molecule has 0 aliphatic heterocycles. The topological polar surface area (TPSA) is 21.3 Å². The molecule has 1 N–H and O–H groups in total. The van der Waals surface area contributed by atoms with Crippen LogP contribution in [0.5, 0.6) is 0 Å². The molecule has 0 aromatic rings. The molecule has 0 spiro atoms. The number of hydrogen-bond donors (Lipinski definition) is 1. The van der Waals surface area contributed by atoms with Crippen LogP contribution in [0.4, 0.5) is 0 Å². The van der Waals surface area contributed by atoms with E-state index < -0.39 is 0 Å². The van der Waals surface area contributed by atoms with Gasteiger partial charge in [-0.25, -0.2) is 0 Å². The smallest absolute Gasteiger partial charge is 0.0462 e. The number of hydrogen-bond acceptors (Lipinski definition) is 2. The Morgan fingerprint density at radius 2 is 1.62 bits per heavy atom. The van der Waals surface area contributed by atoms with Gasteiger partial charge >= 0.3 is 0 Å². The van der Waals surface area contributed by atoms with E-state index in [4.69, 9.17) is 4.74 Å². The third-order valence-electron chi connectivity index (χ3n) is 3.05. The summed E-state index contributed by atoms with van der Waals surface area (Å²) in [5.41, 5.74) is 0. The van der Waals surface area contributed by atoms with Crippen LogP contribution in [0.25, 0.3) is 0 Å². The van der Waals surface area contributed by atoms with Gasteiger partial charge < -0.3 is 10.1 Å². The molecule has 2 heteroatoms. The lowest BCUT2D eigenvalue weighted by Crippen LogP contribution is -2.29. The van der Waals surface area contributed by atoms with Gasteiger partial charge in [-0.1, -0.05) is 46.0 Å². The summed E-state index contributed by atoms with van der Waals surface area (Å²) in [6.07, 6.45) is 10.7. The highest BCUT2D eigenvalue weighted by molar-refractivity contribution is 4.66. The maximum atomic E-state index is 5.10. The summed E-state index contributed by atoms with van der Waals surface area (Å²) in [7, 11) is 1.78. The van der Waals surface area contributed by atoms with E-state index in [9.17, 15) is 0 Å². The summed E-state index contributed by atoms with van der Waals surface area (Å²) >= 11 is 0. The van der Waals surface area contributed by atoms with Crippen LogP contribution in [0.15, 0.2) is 0 Å². The molecule has 0 heterocycles. The summed E-state index contributed by atoms with van der Waals surface area (Å²) in [5.74, 6) is 0. The van der Waals surface area contributed by atoms with Crippen LogP contribution in [-0.2, 0) is 4.74 Å². The fourth-order valence-electron chi connectivity index (χ4n) is 2.11. The number of nitrogens with one attached hydrogen (secondary N) is 1. The fourth-order valence-corrected chi connectivity index (χ4v) is 2.11. The van der Waals surface area contributed by atoms with Gasteiger partial charge in [0.25, 0.3) is 0 Å². The lowest BCUT2D eigenvalue weighted by molar-refractivity contribution is 0.188. The van der Waals surface area contributed by atoms with Crippen LogP contribution < -0.4 is 5.32 Å². The van der Waals surface area contributed by atoms with Gasteiger partial charge in [-0.3, -0.25) is 0 Å². The standard InChI is InChI=1S/C14H31NO/c1-4-6-7-8-9-11-14(15-5-2)12-10-13-16-3/h14-15H,4-13H2,1-3H3. The second kappa shape index (κ2) is 13.0. The lowest BCUT2D eigenvalue weighted by atomic mass is 10.0. The Morgan fingerprint density at radius 3 is 2.25 bits per heavy atom. The molecule has 0 bridgehead atoms. The predicted molar refractivity (Wildman–Crippen MR) is 72.0 cm³/mol. The highest BCUT2D eigenvalue weighted by Gasteiger charge is 2.06. The molecule has 98 valence electrons. The van der Waals surface area contributed by atoms with Crippen molar-refractivity contribution in [3.05, 3.63) is 0 Å². The maximum Gasteiger partial charge on any atom is 0.0462 e. The SMILES string of the molecule is CCCCCCCC(CCCOC)NCC. The van der Waals surface area contributed by atoms with Crippen LogP contribution in [-0.4, -0.2) is 26.3 Å². The largest absolute Gasteiger partial charge is 0.385 e. The highest BCUT2D eigenvalue weighted by atomic mass is 16.5. The Hall–Kier alpha value is -0.0800. The van der Waals surface area contributed by atoms with Crippen LogP contribution in [0.2, 0.25) is 0 Å². The second-order valence-electron chi connectivity index (χ2n) is 4.59. The normalized spacial score (nSPS) is 12.9. The molecule has 16 heavy (non-hydrogen) atoms. The van der Waals surface area contributed by atoms with E-state index in [0.717, 1.165) is 13.2 Å². The zero-order chi connectivity index (χ0) is 12.1. The summed E-state index contributed by atoms with van der Waals surface area (Å²) < 4.78 is 5.10. The van der Waals surface area contributed by atoms with E-state index in [1.807, 2.05) is 0 Å². The summed E-state index contributed by atoms with van der Waals surface area (Å²) in [6, 6.07) is 0.710. The Labute approximate surface area is 102 Å². The van der Waals surface area contributed by atoms with Gasteiger partial charge in [0, 0.05) is 19.8 Å². The van der Waals surface area contributed by atoms with Gasteiger partial charge in [0.05, 0.1) is 0 Å². The van der Waals surface area contributed by atoms with E-state index in [1.165, 1.54) is 51.4 Å². The minimum Gasteiger partial charge on any atom is -0.385 e. The van der Waals surface area contributed by atoms with E-state index in [0.29, 0.717) is 6.04 Å². The molecule has 0 aliphatic carbocycles. The third-order valence-corrected chi connectivity index (χ3v) is 3.05. The van der Waals surface area contributed by atoms with Gasteiger partial charge in [-0.15, -0.1) is 0 Å². The fraction of sp³-hybridized carbons (Fsp3) is 1.00. The van der Waals surface area contributed by atoms with Crippen LogP contribution in [0, 0.1) is 0 Å². The van der Waals surface area contributed by atoms with E-state index in [-0.39, 0.29) is 0 Å². The van der Waals surface area contributed by atoms with Gasteiger partial charge in [-0.05, 0) is 25.8 Å². The lowest BCUT2D eigenvalue weighted by Gasteiger charge is -2.17. The van der Waals surface area contributed by atoms with Crippen LogP contribution >= 0.6 is 0 Å². The van der Waals surface area contributed by atoms with Crippen molar-refractivity contribution in [2.75, 3.05) is 20.3 Å². The number of rotatable bonds is 12. The first-order chi connectivity index (χ1) is 7.85. The molecule has 0 aromatic carbocycles.